The lowest BCUT2D eigenvalue weighted by atomic mass is 10.0. The highest BCUT2D eigenvalue weighted by Crippen LogP contribution is 2.24. The SMILES string of the molecule is CCCOc1cccc(C(NN)c2ccoc2)c1. The van der Waals surface area contributed by atoms with Gasteiger partial charge in [-0.05, 0) is 30.2 Å². The van der Waals surface area contributed by atoms with Crippen molar-refractivity contribution in [3.63, 3.8) is 0 Å². The normalized spacial score (nSPS) is 12.3. The van der Waals surface area contributed by atoms with E-state index in [4.69, 9.17) is 15.0 Å². The fourth-order valence-corrected chi connectivity index (χ4v) is 1.83. The zero-order chi connectivity index (χ0) is 12.8. The quantitative estimate of drug-likeness (QED) is 0.607. The first-order valence-electron chi connectivity index (χ1n) is 6.06. The Bertz CT molecular complexity index is 468. The Labute approximate surface area is 107 Å². The number of furan rings is 1. The lowest BCUT2D eigenvalue weighted by molar-refractivity contribution is 0.317. The van der Waals surface area contributed by atoms with E-state index in [1.807, 2.05) is 30.3 Å². The van der Waals surface area contributed by atoms with Crippen molar-refractivity contribution in [3.05, 3.63) is 54.0 Å². The van der Waals surface area contributed by atoms with Crippen LogP contribution >= 0.6 is 0 Å². The summed E-state index contributed by atoms with van der Waals surface area (Å²) in [6.07, 6.45) is 4.31. The second-order valence-electron chi connectivity index (χ2n) is 4.08. The maximum Gasteiger partial charge on any atom is 0.119 e. The Morgan fingerprint density at radius 3 is 2.89 bits per heavy atom. The van der Waals surface area contributed by atoms with E-state index < -0.39 is 0 Å². The molecule has 2 aromatic rings. The number of benzene rings is 1. The van der Waals surface area contributed by atoms with Crippen LogP contribution in [0.1, 0.15) is 30.5 Å². The molecule has 1 heterocycles. The van der Waals surface area contributed by atoms with Crippen molar-refractivity contribution in [1.82, 2.24) is 5.43 Å². The first-order valence-corrected chi connectivity index (χ1v) is 6.06. The molecule has 4 nitrogen and oxygen atoms in total. The molecule has 0 aliphatic carbocycles. The molecule has 1 aromatic carbocycles. The van der Waals surface area contributed by atoms with Crippen LogP contribution in [0, 0.1) is 0 Å². The first-order chi connectivity index (χ1) is 8.85. The molecule has 18 heavy (non-hydrogen) atoms. The maximum atomic E-state index is 5.62. The molecule has 2 rings (SSSR count). The number of nitrogens with two attached hydrogens (primary N) is 1. The fraction of sp³-hybridized carbons (Fsp3) is 0.286. The van der Waals surface area contributed by atoms with Gasteiger partial charge in [0.05, 0.1) is 25.2 Å². The summed E-state index contributed by atoms with van der Waals surface area (Å²) < 4.78 is 10.7. The van der Waals surface area contributed by atoms with Crippen LogP contribution in [0.25, 0.3) is 0 Å². The zero-order valence-corrected chi connectivity index (χ0v) is 10.4. The molecule has 0 saturated heterocycles. The molecular formula is C14H18N2O2. The standard InChI is InChI=1S/C14H18N2O2/c1-2-7-18-13-5-3-4-11(9-13)14(16-15)12-6-8-17-10-12/h3-6,8-10,14,16H,2,7,15H2,1H3. The third-order valence-corrected chi connectivity index (χ3v) is 2.71. The van der Waals surface area contributed by atoms with Crippen molar-refractivity contribution >= 4 is 0 Å². The van der Waals surface area contributed by atoms with Crippen LogP contribution in [-0.4, -0.2) is 6.61 Å². The summed E-state index contributed by atoms with van der Waals surface area (Å²) in [4.78, 5) is 0. The van der Waals surface area contributed by atoms with Crippen LogP contribution < -0.4 is 16.0 Å². The van der Waals surface area contributed by atoms with Crippen LogP contribution in [0.5, 0.6) is 5.75 Å². The minimum absolute atomic E-state index is 0.0890. The lowest BCUT2D eigenvalue weighted by Gasteiger charge is -2.15. The molecule has 1 unspecified atom stereocenters. The number of hydrazine groups is 1. The topological polar surface area (TPSA) is 60.4 Å². The summed E-state index contributed by atoms with van der Waals surface area (Å²) in [7, 11) is 0. The van der Waals surface area contributed by atoms with Gasteiger partial charge in [0, 0.05) is 5.56 Å². The van der Waals surface area contributed by atoms with Crippen LogP contribution in [0.3, 0.4) is 0 Å². The van der Waals surface area contributed by atoms with Crippen molar-refractivity contribution in [2.45, 2.75) is 19.4 Å². The lowest BCUT2D eigenvalue weighted by Crippen LogP contribution is -2.28. The predicted molar refractivity (Wildman–Crippen MR) is 70.1 cm³/mol. The van der Waals surface area contributed by atoms with Crippen molar-refractivity contribution in [1.29, 1.82) is 0 Å². The van der Waals surface area contributed by atoms with E-state index in [-0.39, 0.29) is 6.04 Å². The van der Waals surface area contributed by atoms with Crippen molar-refractivity contribution < 1.29 is 9.15 Å². The summed E-state index contributed by atoms with van der Waals surface area (Å²) in [5.74, 6) is 6.47. The minimum Gasteiger partial charge on any atom is -0.494 e. The van der Waals surface area contributed by atoms with Gasteiger partial charge in [0.25, 0.3) is 0 Å². The molecule has 3 N–H and O–H groups in total. The van der Waals surface area contributed by atoms with E-state index in [1.54, 1.807) is 12.5 Å². The summed E-state index contributed by atoms with van der Waals surface area (Å²) in [6, 6.07) is 9.72. The third kappa shape index (κ3) is 2.91. The largest absolute Gasteiger partial charge is 0.494 e. The Morgan fingerprint density at radius 2 is 2.22 bits per heavy atom. The Hall–Kier alpha value is -1.78. The molecule has 0 bridgehead atoms. The highest BCUT2D eigenvalue weighted by Gasteiger charge is 2.13. The van der Waals surface area contributed by atoms with Gasteiger partial charge in [-0.15, -0.1) is 0 Å². The molecule has 0 aliphatic heterocycles. The van der Waals surface area contributed by atoms with Gasteiger partial charge in [-0.1, -0.05) is 19.1 Å². The van der Waals surface area contributed by atoms with Gasteiger partial charge in [-0.25, -0.2) is 5.43 Å². The number of hydrogen-bond donors (Lipinski definition) is 2. The van der Waals surface area contributed by atoms with Gasteiger partial charge in [0.2, 0.25) is 0 Å². The molecule has 0 radical (unpaired) electrons. The number of hydrogen-bond acceptors (Lipinski definition) is 4. The van der Waals surface area contributed by atoms with Crippen LogP contribution in [0.2, 0.25) is 0 Å². The monoisotopic (exact) mass is 246 g/mol. The highest BCUT2D eigenvalue weighted by molar-refractivity contribution is 5.35. The van der Waals surface area contributed by atoms with Gasteiger partial charge in [-0.3, -0.25) is 5.84 Å². The average molecular weight is 246 g/mol. The number of nitrogens with one attached hydrogen (secondary N) is 1. The summed E-state index contributed by atoms with van der Waals surface area (Å²) in [5.41, 5.74) is 4.83. The summed E-state index contributed by atoms with van der Waals surface area (Å²) in [5, 5.41) is 0. The molecule has 0 aliphatic rings. The third-order valence-electron chi connectivity index (χ3n) is 2.71. The molecule has 1 atom stereocenters. The van der Waals surface area contributed by atoms with E-state index in [2.05, 4.69) is 12.3 Å². The average Bonchev–Trinajstić information content (AvgIpc) is 2.92. The fourth-order valence-electron chi connectivity index (χ4n) is 1.83. The number of ether oxygens (including phenoxy) is 1. The Morgan fingerprint density at radius 1 is 1.33 bits per heavy atom. The van der Waals surface area contributed by atoms with Gasteiger partial charge < -0.3 is 9.15 Å². The predicted octanol–water partition coefficient (Wildman–Crippen LogP) is 2.62. The summed E-state index contributed by atoms with van der Waals surface area (Å²) in [6.45, 7) is 2.80. The van der Waals surface area contributed by atoms with Gasteiger partial charge >= 0.3 is 0 Å². The first kappa shape index (κ1) is 12.7. The van der Waals surface area contributed by atoms with E-state index >= 15 is 0 Å². The molecule has 0 saturated carbocycles. The van der Waals surface area contributed by atoms with Crippen LogP contribution in [-0.2, 0) is 0 Å². The van der Waals surface area contributed by atoms with Crippen molar-refractivity contribution in [3.8, 4) is 5.75 Å². The second kappa shape index (κ2) is 6.23. The second-order valence-corrected chi connectivity index (χ2v) is 4.08. The van der Waals surface area contributed by atoms with E-state index in [0.29, 0.717) is 0 Å². The van der Waals surface area contributed by atoms with Gasteiger partial charge in [0.1, 0.15) is 5.75 Å². The van der Waals surface area contributed by atoms with E-state index in [9.17, 15) is 0 Å². The molecule has 1 aromatic heterocycles. The maximum absolute atomic E-state index is 5.62. The summed E-state index contributed by atoms with van der Waals surface area (Å²) >= 11 is 0. The number of rotatable bonds is 6. The Kier molecular flexibility index (Phi) is 4.39. The molecule has 0 fully saturated rings. The van der Waals surface area contributed by atoms with Crippen molar-refractivity contribution in [2.75, 3.05) is 6.61 Å². The van der Waals surface area contributed by atoms with E-state index in [0.717, 1.165) is 29.9 Å². The Balaban J connectivity index is 2.20. The van der Waals surface area contributed by atoms with Gasteiger partial charge in [0.15, 0.2) is 0 Å². The minimum atomic E-state index is -0.0890. The molecule has 96 valence electrons. The highest BCUT2D eigenvalue weighted by atomic mass is 16.5. The molecular weight excluding hydrogens is 228 g/mol. The van der Waals surface area contributed by atoms with Crippen LogP contribution in [0.4, 0.5) is 0 Å². The van der Waals surface area contributed by atoms with Crippen molar-refractivity contribution in [2.24, 2.45) is 5.84 Å². The van der Waals surface area contributed by atoms with Crippen LogP contribution in [0.15, 0.2) is 47.3 Å². The molecule has 0 spiro atoms. The molecule has 0 amide bonds. The smallest absolute Gasteiger partial charge is 0.119 e. The van der Waals surface area contributed by atoms with Gasteiger partial charge in [-0.2, -0.15) is 0 Å². The van der Waals surface area contributed by atoms with E-state index in [1.165, 1.54) is 0 Å². The molecule has 4 heteroatoms. The zero-order valence-electron chi connectivity index (χ0n) is 10.4.